The van der Waals surface area contributed by atoms with Crippen molar-refractivity contribution in [1.82, 2.24) is 4.98 Å². The number of non-ortho nitro benzene ring substituents is 1. The second-order valence-corrected chi connectivity index (χ2v) is 4.13. The molecule has 1 heterocycles. The number of nitro groups is 1. The first kappa shape index (κ1) is 12.0. The highest BCUT2D eigenvalue weighted by molar-refractivity contribution is 7.14. The van der Waals surface area contributed by atoms with Crippen LogP contribution in [0.5, 0.6) is 0 Å². The van der Waals surface area contributed by atoms with Gasteiger partial charge < -0.3 is 10.4 Å². The number of nitrogens with zero attached hydrogens (tertiary/aromatic N) is 2. The van der Waals surface area contributed by atoms with E-state index in [0.29, 0.717) is 10.8 Å². The lowest BCUT2D eigenvalue weighted by molar-refractivity contribution is -0.384. The maximum Gasteiger partial charge on any atom is 0.355 e. The normalized spacial score (nSPS) is 10.0. The zero-order valence-corrected chi connectivity index (χ0v) is 9.68. The molecular formula is C10H7N3O4S. The van der Waals surface area contributed by atoms with Gasteiger partial charge in [0.25, 0.3) is 5.69 Å². The van der Waals surface area contributed by atoms with E-state index in [1.54, 1.807) is 6.07 Å². The molecule has 0 saturated heterocycles. The molecule has 0 fully saturated rings. The summed E-state index contributed by atoms with van der Waals surface area (Å²) in [6.07, 6.45) is 0. The van der Waals surface area contributed by atoms with Crippen LogP contribution in [-0.2, 0) is 0 Å². The summed E-state index contributed by atoms with van der Waals surface area (Å²) in [7, 11) is 0. The van der Waals surface area contributed by atoms with Crippen LogP contribution in [0.2, 0.25) is 0 Å². The third-order valence-corrected chi connectivity index (χ3v) is 2.79. The van der Waals surface area contributed by atoms with Crippen LogP contribution in [0.3, 0.4) is 0 Å². The number of anilines is 2. The summed E-state index contributed by atoms with van der Waals surface area (Å²) in [4.78, 5) is 24.5. The summed E-state index contributed by atoms with van der Waals surface area (Å²) >= 11 is 1.11. The molecule has 1 aromatic carbocycles. The number of rotatable bonds is 4. The molecule has 0 amide bonds. The fourth-order valence-electron chi connectivity index (χ4n) is 1.25. The van der Waals surface area contributed by atoms with Gasteiger partial charge in [-0.05, 0) is 6.07 Å². The van der Waals surface area contributed by atoms with Gasteiger partial charge in [0.2, 0.25) is 0 Å². The fraction of sp³-hybridized carbons (Fsp3) is 0. The smallest absolute Gasteiger partial charge is 0.355 e. The van der Waals surface area contributed by atoms with E-state index >= 15 is 0 Å². The summed E-state index contributed by atoms with van der Waals surface area (Å²) in [5, 5.41) is 23.9. The number of benzene rings is 1. The molecule has 2 aromatic rings. The molecule has 0 aliphatic carbocycles. The van der Waals surface area contributed by atoms with Crippen molar-refractivity contribution in [2.75, 3.05) is 5.32 Å². The quantitative estimate of drug-likeness (QED) is 0.649. The average Bonchev–Trinajstić information content (AvgIpc) is 2.78. The molecule has 1 aromatic heterocycles. The van der Waals surface area contributed by atoms with E-state index in [-0.39, 0.29) is 11.4 Å². The minimum Gasteiger partial charge on any atom is -0.476 e. The molecule has 0 aliphatic rings. The van der Waals surface area contributed by atoms with Gasteiger partial charge in [0.05, 0.1) is 4.92 Å². The molecule has 2 N–H and O–H groups in total. The van der Waals surface area contributed by atoms with Gasteiger partial charge in [-0.25, -0.2) is 9.78 Å². The van der Waals surface area contributed by atoms with Gasteiger partial charge in [-0.1, -0.05) is 6.07 Å². The molecule has 0 atom stereocenters. The van der Waals surface area contributed by atoms with Crippen molar-refractivity contribution in [3.8, 4) is 0 Å². The third-order valence-electron chi connectivity index (χ3n) is 2.03. The minimum atomic E-state index is -1.11. The Morgan fingerprint density at radius 3 is 2.89 bits per heavy atom. The summed E-state index contributed by atoms with van der Waals surface area (Å²) in [5.74, 6) is -1.11. The largest absolute Gasteiger partial charge is 0.476 e. The van der Waals surface area contributed by atoms with E-state index in [1.807, 2.05) is 0 Å². The maximum absolute atomic E-state index is 10.6. The van der Waals surface area contributed by atoms with Crippen molar-refractivity contribution in [2.45, 2.75) is 0 Å². The van der Waals surface area contributed by atoms with Gasteiger partial charge in [-0.2, -0.15) is 0 Å². The van der Waals surface area contributed by atoms with Crippen LogP contribution in [0.4, 0.5) is 16.5 Å². The van der Waals surface area contributed by atoms with E-state index in [4.69, 9.17) is 5.11 Å². The summed E-state index contributed by atoms with van der Waals surface area (Å²) in [6, 6.07) is 5.89. The van der Waals surface area contributed by atoms with Gasteiger partial charge in [0.15, 0.2) is 10.8 Å². The van der Waals surface area contributed by atoms with Crippen LogP contribution in [0.25, 0.3) is 0 Å². The Morgan fingerprint density at radius 2 is 2.28 bits per heavy atom. The monoisotopic (exact) mass is 265 g/mol. The topological polar surface area (TPSA) is 105 Å². The van der Waals surface area contributed by atoms with Crippen LogP contribution in [-0.4, -0.2) is 21.0 Å². The predicted octanol–water partition coefficient (Wildman–Crippen LogP) is 2.49. The number of aromatic carboxylic acids is 1. The number of carboxylic acids is 1. The van der Waals surface area contributed by atoms with Crippen molar-refractivity contribution in [2.24, 2.45) is 0 Å². The number of hydrogen-bond acceptors (Lipinski definition) is 6. The summed E-state index contributed by atoms with van der Waals surface area (Å²) < 4.78 is 0. The molecule has 92 valence electrons. The van der Waals surface area contributed by atoms with Crippen LogP contribution in [0.1, 0.15) is 10.5 Å². The molecule has 0 saturated carbocycles. The molecule has 18 heavy (non-hydrogen) atoms. The second-order valence-electron chi connectivity index (χ2n) is 3.28. The van der Waals surface area contributed by atoms with E-state index in [2.05, 4.69) is 10.3 Å². The van der Waals surface area contributed by atoms with E-state index in [1.165, 1.54) is 23.6 Å². The lowest BCUT2D eigenvalue weighted by atomic mass is 10.3. The van der Waals surface area contributed by atoms with Crippen molar-refractivity contribution in [1.29, 1.82) is 0 Å². The third kappa shape index (κ3) is 2.61. The number of carboxylic acid groups (broad SMARTS) is 1. The Morgan fingerprint density at radius 1 is 1.50 bits per heavy atom. The fourth-order valence-corrected chi connectivity index (χ4v) is 1.95. The maximum atomic E-state index is 10.6. The lowest BCUT2D eigenvalue weighted by Crippen LogP contribution is -1.97. The van der Waals surface area contributed by atoms with Crippen molar-refractivity contribution < 1.29 is 14.8 Å². The number of aromatic nitrogens is 1. The van der Waals surface area contributed by atoms with Crippen LogP contribution >= 0.6 is 11.3 Å². The van der Waals surface area contributed by atoms with Gasteiger partial charge in [-0.15, -0.1) is 11.3 Å². The highest BCUT2D eigenvalue weighted by atomic mass is 32.1. The first-order chi connectivity index (χ1) is 8.56. The number of carbonyl (C=O) groups is 1. The Kier molecular flexibility index (Phi) is 3.20. The van der Waals surface area contributed by atoms with Crippen LogP contribution in [0, 0.1) is 10.1 Å². The first-order valence-electron chi connectivity index (χ1n) is 4.76. The highest BCUT2D eigenvalue weighted by Gasteiger charge is 2.10. The average molecular weight is 265 g/mol. The standard InChI is InChI=1S/C10H7N3O4S/c14-9(15)8-5-18-10(12-8)11-6-2-1-3-7(4-6)13(16)17/h1-5H,(H,11,12)(H,14,15). The van der Waals surface area contributed by atoms with E-state index in [9.17, 15) is 14.9 Å². The zero-order valence-electron chi connectivity index (χ0n) is 8.86. The van der Waals surface area contributed by atoms with Gasteiger partial charge in [0, 0.05) is 23.2 Å². The van der Waals surface area contributed by atoms with Gasteiger partial charge in [-0.3, -0.25) is 10.1 Å². The Balaban J connectivity index is 2.20. The molecule has 2 rings (SSSR count). The SMILES string of the molecule is O=C(O)c1csc(Nc2cccc([N+](=O)[O-])c2)n1. The Bertz CT molecular complexity index is 611. The Labute approximate surface area is 105 Å². The van der Waals surface area contributed by atoms with Gasteiger partial charge in [0.1, 0.15) is 0 Å². The molecule has 0 unspecified atom stereocenters. The van der Waals surface area contributed by atoms with E-state index < -0.39 is 10.9 Å². The molecule has 0 aliphatic heterocycles. The molecule has 0 bridgehead atoms. The zero-order chi connectivity index (χ0) is 13.1. The second kappa shape index (κ2) is 4.80. The minimum absolute atomic E-state index is 0.0463. The Hall–Kier alpha value is -2.48. The number of nitro benzene ring substituents is 1. The van der Waals surface area contributed by atoms with Crippen LogP contribution < -0.4 is 5.32 Å². The highest BCUT2D eigenvalue weighted by Crippen LogP contribution is 2.23. The number of thiazole rings is 1. The summed E-state index contributed by atoms with van der Waals surface area (Å²) in [6.45, 7) is 0. The number of nitrogens with one attached hydrogen (secondary N) is 1. The number of hydrogen-bond donors (Lipinski definition) is 2. The van der Waals surface area contributed by atoms with Crippen molar-refractivity contribution in [3.63, 3.8) is 0 Å². The molecular weight excluding hydrogens is 258 g/mol. The molecule has 0 radical (unpaired) electrons. The van der Waals surface area contributed by atoms with Crippen molar-refractivity contribution in [3.05, 3.63) is 45.5 Å². The summed E-state index contributed by atoms with van der Waals surface area (Å²) in [5.41, 5.74) is 0.374. The molecule has 0 spiro atoms. The first-order valence-corrected chi connectivity index (χ1v) is 5.64. The lowest BCUT2D eigenvalue weighted by Gasteiger charge is -2.01. The van der Waals surface area contributed by atoms with Crippen LogP contribution in [0.15, 0.2) is 29.6 Å². The molecule has 7 nitrogen and oxygen atoms in total. The van der Waals surface area contributed by atoms with Crippen molar-refractivity contribution >= 4 is 33.8 Å². The predicted molar refractivity (Wildman–Crippen MR) is 65.5 cm³/mol. The van der Waals surface area contributed by atoms with E-state index in [0.717, 1.165) is 11.3 Å². The van der Waals surface area contributed by atoms with Gasteiger partial charge >= 0.3 is 5.97 Å². The molecule has 8 heteroatoms.